The summed E-state index contributed by atoms with van der Waals surface area (Å²) in [5.74, 6) is -2.83. The Hall–Kier alpha value is -5.81. The third-order valence-corrected chi connectivity index (χ3v) is 7.38. The fraction of sp³-hybridized carbons (Fsp3) is 0.171. The van der Waals surface area contributed by atoms with Crippen LogP contribution < -0.4 is 22.5 Å². The van der Waals surface area contributed by atoms with Crippen molar-refractivity contribution in [2.75, 3.05) is 11.5 Å². The zero-order chi connectivity index (χ0) is 33.4. The fourth-order valence-corrected chi connectivity index (χ4v) is 4.75. The van der Waals surface area contributed by atoms with E-state index in [1.807, 2.05) is 37.3 Å². The first-order chi connectivity index (χ1) is 21.9. The van der Waals surface area contributed by atoms with Crippen molar-refractivity contribution in [1.29, 1.82) is 0 Å². The minimum atomic E-state index is -1.39. The van der Waals surface area contributed by atoms with Gasteiger partial charge in [0.1, 0.15) is 11.9 Å². The molecule has 0 aliphatic rings. The number of carboxylic acids is 2. The molecule has 2 atom stereocenters. The molecule has 11 heteroatoms. The van der Waals surface area contributed by atoms with E-state index in [0.29, 0.717) is 24.2 Å². The summed E-state index contributed by atoms with van der Waals surface area (Å²) >= 11 is 0. The van der Waals surface area contributed by atoms with Gasteiger partial charge >= 0.3 is 11.9 Å². The van der Waals surface area contributed by atoms with Crippen molar-refractivity contribution in [1.82, 2.24) is 15.3 Å². The number of aromatic nitrogens is 2. The predicted molar refractivity (Wildman–Crippen MR) is 179 cm³/mol. The van der Waals surface area contributed by atoms with E-state index >= 15 is 0 Å². The molecule has 1 aromatic heterocycles. The number of amides is 1. The van der Waals surface area contributed by atoms with E-state index in [4.69, 9.17) is 22.3 Å². The normalized spacial score (nSPS) is 12.0. The fourth-order valence-electron chi connectivity index (χ4n) is 4.75. The minimum Gasteiger partial charge on any atom is -0.480 e. The number of nitrogens with two attached hydrogens (primary N) is 3. The first-order valence-electron chi connectivity index (χ1n) is 14.5. The van der Waals surface area contributed by atoms with E-state index in [2.05, 4.69) is 52.2 Å². The van der Waals surface area contributed by atoms with E-state index in [9.17, 15) is 19.5 Å². The summed E-state index contributed by atoms with van der Waals surface area (Å²) in [4.78, 5) is 42.8. The van der Waals surface area contributed by atoms with Gasteiger partial charge in [-0.2, -0.15) is 4.98 Å². The Balaban J connectivity index is 0.000000305. The lowest BCUT2D eigenvalue weighted by Gasteiger charge is -2.14. The second-order valence-electron chi connectivity index (χ2n) is 10.9. The summed E-state index contributed by atoms with van der Waals surface area (Å²) in [6.07, 6.45) is 1.01. The molecule has 0 unspecified atom stereocenters. The van der Waals surface area contributed by atoms with Crippen molar-refractivity contribution < 1.29 is 24.6 Å². The van der Waals surface area contributed by atoms with Gasteiger partial charge in [-0.3, -0.25) is 4.79 Å². The molecule has 0 spiro atoms. The number of fused-ring (bicyclic) bond motifs is 2. The maximum absolute atomic E-state index is 12.4. The smallest absolute Gasteiger partial charge is 0.331 e. The third kappa shape index (κ3) is 8.64. The Morgan fingerprint density at radius 3 is 2.15 bits per heavy atom. The highest BCUT2D eigenvalue weighted by molar-refractivity contribution is 5.97. The highest BCUT2D eigenvalue weighted by Gasteiger charge is 2.23. The molecule has 46 heavy (non-hydrogen) atoms. The number of carbonyl (C=O) groups excluding carboxylic acids is 1. The van der Waals surface area contributed by atoms with Crippen LogP contribution in [-0.2, 0) is 22.4 Å². The summed E-state index contributed by atoms with van der Waals surface area (Å²) in [7, 11) is 0. The van der Waals surface area contributed by atoms with Gasteiger partial charge in [0.2, 0.25) is 5.95 Å². The van der Waals surface area contributed by atoms with Crippen LogP contribution in [0.1, 0.15) is 46.4 Å². The number of aryl methyl sites for hydroxylation is 2. The first kappa shape index (κ1) is 33.1. The average Bonchev–Trinajstić information content (AvgIpc) is 3.03. The van der Waals surface area contributed by atoms with Gasteiger partial charge < -0.3 is 32.7 Å². The van der Waals surface area contributed by atoms with Crippen LogP contribution in [0.25, 0.3) is 21.7 Å². The number of hydrogen-bond donors (Lipinski definition) is 6. The second kappa shape index (κ2) is 14.8. The number of nitrogen functional groups attached to an aromatic ring is 2. The Morgan fingerprint density at radius 2 is 1.50 bits per heavy atom. The van der Waals surface area contributed by atoms with Crippen LogP contribution in [0.15, 0.2) is 97.1 Å². The van der Waals surface area contributed by atoms with Gasteiger partial charge in [0.05, 0.1) is 5.52 Å². The summed E-state index contributed by atoms with van der Waals surface area (Å²) in [6, 6.07) is 25.8. The number of hydrogen-bond acceptors (Lipinski definition) is 8. The Bertz CT molecular complexity index is 1910. The molecule has 0 aliphatic carbocycles. The number of carbonyl (C=O) groups is 3. The van der Waals surface area contributed by atoms with Crippen LogP contribution in [0.3, 0.4) is 0 Å². The minimum absolute atomic E-state index is 0.115. The maximum atomic E-state index is 12.4. The molecular weight excluding hydrogens is 584 g/mol. The van der Waals surface area contributed by atoms with E-state index < -0.39 is 30.3 Å². The van der Waals surface area contributed by atoms with Crippen LogP contribution in [-0.4, -0.2) is 44.1 Å². The van der Waals surface area contributed by atoms with Gasteiger partial charge in [-0.05, 0) is 77.6 Å². The molecule has 5 aromatic rings. The second-order valence-corrected chi connectivity index (χ2v) is 10.9. The van der Waals surface area contributed by atoms with Gasteiger partial charge in [-0.25, -0.2) is 14.6 Å². The Morgan fingerprint density at radius 1 is 0.848 bits per heavy atom. The molecular formula is C35H36N6O5. The van der Waals surface area contributed by atoms with Crippen LogP contribution in [0.2, 0.25) is 0 Å². The van der Waals surface area contributed by atoms with Gasteiger partial charge in [0.25, 0.3) is 5.91 Å². The number of carboxylic acid groups (broad SMARTS) is 2. The third-order valence-electron chi connectivity index (χ3n) is 7.38. The summed E-state index contributed by atoms with van der Waals surface area (Å²) < 4.78 is 0. The molecule has 11 nitrogen and oxygen atoms in total. The zero-order valence-corrected chi connectivity index (χ0v) is 25.3. The summed E-state index contributed by atoms with van der Waals surface area (Å²) in [6.45, 7) is 5.31. The molecule has 0 radical (unpaired) electrons. The largest absolute Gasteiger partial charge is 0.480 e. The molecule has 0 fully saturated rings. The lowest BCUT2D eigenvalue weighted by atomic mass is 10.0. The van der Waals surface area contributed by atoms with E-state index in [1.165, 1.54) is 16.3 Å². The Kier molecular flexibility index (Phi) is 10.6. The van der Waals surface area contributed by atoms with Gasteiger partial charge in [-0.1, -0.05) is 61.2 Å². The predicted octanol–water partition coefficient (Wildman–Crippen LogP) is 4.65. The summed E-state index contributed by atoms with van der Waals surface area (Å²) in [5.41, 5.74) is 21.2. The number of benzene rings is 4. The number of aliphatic carboxylic acids is 2. The Labute approximate surface area is 265 Å². The summed E-state index contributed by atoms with van der Waals surface area (Å²) in [5, 5.41) is 23.7. The molecule has 0 saturated heterocycles. The first-order valence-corrected chi connectivity index (χ1v) is 14.5. The molecule has 4 aromatic carbocycles. The quantitative estimate of drug-likeness (QED) is 0.119. The average molecular weight is 621 g/mol. The van der Waals surface area contributed by atoms with Crippen molar-refractivity contribution in [2.45, 2.75) is 38.3 Å². The molecule has 0 bridgehead atoms. The van der Waals surface area contributed by atoms with Crippen molar-refractivity contribution >= 4 is 51.3 Å². The molecule has 1 amide bonds. The van der Waals surface area contributed by atoms with Gasteiger partial charge in [0.15, 0.2) is 0 Å². The highest BCUT2D eigenvalue weighted by atomic mass is 16.4. The van der Waals surface area contributed by atoms with Crippen molar-refractivity contribution in [2.24, 2.45) is 5.73 Å². The van der Waals surface area contributed by atoms with Crippen LogP contribution >= 0.6 is 0 Å². The SMILES string of the molecule is C=C(C[C@H](NC(=O)c1ccc(CCc2ccc3nc(N)nc(N)c3c2)cc1)C(=O)O)C(=O)O.C[C@@H](N)c1ccc2ccccc2c1. The van der Waals surface area contributed by atoms with Crippen molar-refractivity contribution in [3.8, 4) is 0 Å². The van der Waals surface area contributed by atoms with Crippen LogP contribution in [0.4, 0.5) is 11.8 Å². The standard InChI is InChI=1S/C23H23N5O5.C12H13N/c1-12(21(30)31)10-18(22(32)33)26-20(29)15-7-4-13(5-8-15)2-3-14-6-9-17-16(11-14)19(24)28-23(25)27-17;1-9(13)11-7-6-10-4-2-3-5-12(10)8-11/h4-9,11,18H,1-3,10H2,(H,26,29)(H,30,31)(H,32,33)(H4,24,25,27,28);2-9H,13H2,1H3/t18-;9-/m01/s1. The molecule has 5 rings (SSSR count). The molecule has 236 valence electrons. The zero-order valence-electron chi connectivity index (χ0n) is 25.3. The van der Waals surface area contributed by atoms with Gasteiger partial charge in [-0.15, -0.1) is 0 Å². The van der Waals surface area contributed by atoms with Crippen LogP contribution in [0.5, 0.6) is 0 Å². The van der Waals surface area contributed by atoms with E-state index in [0.717, 1.165) is 16.5 Å². The highest BCUT2D eigenvalue weighted by Crippen LogP contribution is 2.22. The lowest BCUT2D eigenvalue weighted by molar-refractivity contribution is -0.139. The number of anilines is 2. The monoisotopic (exact) mass is 620 g/mol. The van der Waals surface area contributed by atoms with E-state index in [1.54, 1.807) is 24.3 Å². The van der Waals surface area contributed by atoms with Crippen molar-refractivity contribution in [3.63, 3.8) is 0 Å². The number of rotatable bonds is 10. The van der Waals surface area contributed by atoms with Crippen molar-refractivity contribution in [3.05, 3.63) is 119 Å². The van der Waals surface area contributed by atoms with Crippen LogP contribution in [0, 0.1) is 0 Å². The molecule has 0 aliphatic heterocycles. The van der Waals surface area contributed by atoms with Gasteiger partial charge in [0, 0.05) is 29.0 Å². The topological polar surface area (TPSA) is 208 Å². The number of nitrogens with zero attached hydrogens (tertiary/aromatic N) is 2. The lowest BCUT2D eigenvalue weighted by Crippen LogP contribution is -2.41. The molecule has 1 heterocycles. The molecule has 0 saturated carbocycles. The van der Waals surface area contributed by atoms with E-state index in [-0.39, 0.29) is 23.1 Å². The maximum Gasteiger partial charge on any atom is 0.331 e. The number of nitrogens with one attached hydrogen (secondary N) is 1. The molecule has 9 N–H and O–H groups in total.